The molecule has 1 aliphatic heterocycles. The van der Waals surface area contributed by atoms with Crippen LogP contribution >= 0.6 is 0 Å². The average Bonchev–Trinajstić information content (AvgIpc) is 3.08. The van der Waals surface area contributed by atoms with Gasteiger partial charge in [-0.1, -0.05) is 36.4 Å². The molecule has 4 N–H and O–H groups in total. The van der Waals surface area contributed by atoms with E-state index in [0.29, 0.717) is 24.6 Å². The fourth-order valence-electron chi connectivity index (χ4n) is 6.19. The topological polar surface area (TPSA) is 116 Å². The number of rotatable bonds is 10. The quantitative estimate of drug-likeness (QED) is 0.294. The molecule has 9 heteroatoms. The predicted molar refractivity (Wildman–Crippen MR) is 183 cm³/mol. The second kappa shape index (κ2) is 15.3. The Balaban J connectivity index is 1.29. The lowest BCUT2D eigenvalue weighted by atomic mass is 9.81. The fourth-order valence-corrected chi connectivity index (χ4v) is 6.19. The molecule has 1 unspecified atom stereocenters. The van der Waals surface area contributed by atoms with E-state index in [1.807, 2.05) is 55.6 Å². The van der Waals surface area contributed by atoms with Gasteiger partial charge in [0.25, 0.3) is 0 Å². The lowest BCUT2D eigenvalue weighted by molar-refractivity contribution is -0.130. The van der Waals surface area contributed by atoms with Gasteiger partial charge in [0.05, 0.1) is 0 Å². The van der Waals surface area contributed by atoms with Crippen molar-refractivity contribution in [1.29, 1.82) is 0 Å². The number of nitrogens with one attached hydrogen (secondary N) is 2. The summed E-state index contributed by atoms with van der Waals surface area (Å²) in [4.78, 5) is 40.5. The highest BCUT2D eigenvalue weighted by Gasteiger charge is 2.29. The second-order valence-corrected chi connectivity index (χ2v) is 12.5. The van der Waals surface area contributed by atoms with Crippen LogP contribution in [0.1, 0.15) is 43.7 Å². The lowest BCUT2D eigenvalue weighted by Crippen LogP contribution is -2.48. The van der Waals surface area contributed by atoms with Crippen LogP contribution < -0.4 is 21.3 Å². The molecule has 0 spiro atoms. The number of benzene rings is 2. The number of anilines is 2. The molecule has 238 valence electrons. The molecule has 1 atom stereocenters. The van der Waals surface area contributed by atoms with Crippen molar-refractivity contribution >= 4 is 29.0 Å². The standard InChI is InChI=1S/C36H47N7O2/c1-25(38-2)28-12-14-32(15-13-28)40-36(45)33(41-35(44)30-10-6-27(24-37)7-11-30)22-26-4-8-29(9-5-26)31-16-17-39-34(23-31)43-20-18-42(3)19-21-43/h4-5,8-9,12-17,23,27,30,33H,6-7,10-11,18-22,24,37H2,1-3H3,(H,40,45)(H,41,44). The Bertz CT molecular complexity index is 1460. The number of carbonyl (C=O) groups excluding carboxylic acids is 2. The fraction of sp³-hybridized carbons (Fsp3) is 0.444. The van der Waals surface area contributed by atoms with Crippen LogP contribution in [0.4, 0.5) is 11.5 Å². The first-order valence-corrected chi connectivity index (χ1v) is 16.2. The summed E-state index contributed by atoms with van der Waals surface area (Å²) in [5.74, 6) is 1.09. The Hall–Kier alpha value is -4.08. The zero-order valence-corrected chi connectivity index (χ0v) is 26.8. The normalized spacial score (nSPS) is 20.0. The molecule has 0 bridgehead atoms. The van der Waals surface area contributed by atoms with E-state index in [4.69, 9.17) is 5.73 Å². The largest absolute Gasteiger partial charge is 0.354 e. The van der Waals surface area contributed by atoms with Crippen molar-refractivity contribution in [2.24, 2.45) is 22.6 Å². The Kier molecular flexibility index (Phi) is 11.0. The smallest absolute Gasteiger partial charge is 0.247 e. The number of piperazine rings is 1. The van der Waals surface area contributed by atoms with Gasteiger partial charge in [-0.15, -0.1) is 0 Å². The van der Waals surface area contributed by atoms with Gasteiger partial charge in [0.15, 0.2) is 0 Å². The molecular formula is C36H47N7O2. The van der Waals surface area contributed by atoms with Gasteiger partial charge in [-0.05, 0) is 98.6 Å². The maximum Gasteiger partial charge on any atom is 0.247 e. The van der Waals surface area contributed by atoms with Crippen LogP contribution in [0.5, 0.6) is 0 Å². The third-order valence-electron chi connectivity index (χ3n) is 9.39. The Morgan fingerprint density at radius 2 is 1.64 bits per heavy atom. The maximum absolute atomic E-state index is 13.6. The van der Waals surface area contributed by atoms with Crippen molar-refractivity contribution in [3.63, 3.8) is 0 Å². The van der Waals surface area contributed by atoms with Gasteiger partial charge >= 0.3 is 0 Å². The van der Waals surface area contributed by atoms with Crippen LogP contribution in [0.25, 0.3) is 11.1 Å². The third-order valence-corrected chi connectivity index (χ3v) is 9.39. The molecule has 2 aromatic carbocycles. The molecule has 1 aliphatic carbocycles. The maximum atomic E-state index is 13.6. The average molecular weight is 610 g/mol. The van der Waals surface area contributed by atoms with Crippen molar-refractivity contribution in [1.82, 2.24) is 15.2 Å². The van der Waals surface area contributed by atoms with Gasteiger partial charge in [0, 0.05) is 63.2 Å². The van der Waals surface area contributed by atoms with Crippen LogP contribution in [-0.2, 0) is 16.0 Å². The summed E-state index contributed by atoms with van der Waals surface area (Å²) >= 11 is 0. The molecule has 0 radical (unpaired) electrons. The molecule has 1 aromatic heterocycles. The number of aliphatic imine (C=N–C) groups is 1. The van der Waals surface area contributed by atoms with Crippen molar-refractivity contribution in [2.45, 2.75) is 45.1 Å². The number of pyridine rings is 1. The zero-order valence-electron chi connectivity index (χ0n) is 26.8. The number of carbonyl (C=O) groups is 2. The van der Waals surface area contributed by atoms with E-state index in [9.17, 15) is 9.59 Å². The summed E-state index contributed by atoms with van der Waals surface area (Å²) in [7, 11) is 3.91. The molecule has 2 fully saturated rings. The summed E-state index contributed by atoms with van der Waals surface area (Å²) in [6.45, 7) is 6.60. The lowest BCUT2D eigenvalue weighted by Gasteiger charge is -2.33. The van der Waals surface area contributed by atoms with Crippen LogP contribution in [0, 0.1) is 11.8 Å². The van der Waals surface area contributed by atoms with Crippen molar-refractivity contribution in [3.05, 3.63) is 78.0 Å². The first-order valence-electron chi connectivity index (χ1n) is 16.2. The molecule has 9 nitrogen and oxygen atoms in total. The minimum Gasteiger partial charge on any atom is -0.354 e. The molecule has 5 rings (SSSR count). The van der Waals surface area contributed by atoms with Gasteiger partial charge in [0.1, 0.15) is 11.9 Å². The predicted octanol–water partition coefficient (Wildman–Crippen LogP) is 4.37. The minimum atomic E-state index is -0.709. The van der Waals surface area contributed by atoms with E-state index in [1.54, 1.807) is 7.05 Å². The van der Waals surface area contributed by atoms with Gasteiger partial charge in [-0.3, -0.25) is 14.6 Å². The molecule has 2 aliphatic rings. The molecule has 2 heterocycles. The summed E-state index contributed by atoms with van der Waals surface area (Å²) in [5.41, 5.74) is 11.6. The number of nitrogens with zero attached hydrogens (tertiary/aromatic N) is 4. The van der Waals surface area contributed by atoms with Crippen LogP contribution in [0.2, 0.25) is 0 Å². The summed E-state index contributed by atoms with van der Waals surface area (Å²) in [6, 6.07) is 19.3. The van der Waals surface area contributed by atoms with Crippen molar-refractivity contribution < 1.29 is 9.59 Å². The van der Waals surface area contributed by atoms with E-state index in [-0.39, 0.29) is 17.7 Å². The van der Waals surface area contributed by atoms with E-state index in [2.05, 4.69) is 55.7 Å². The first kappa shape index (κ1) is 32.3. The number of likely N-dealkylation sites (N-methyl/N-ethyl adjacent to an activating group) is 1. The van der Waals surface area contributed by atoms with Crippen LogP contribution in [0.3, 0.4) is 0 Å². The molecular weight excluding hydrogens is 562 g/mol. The molecule has 3 aromatic rings. The Morgan fingerprint density at radius 3 is 2.29 bits per heavy atom. The van der Waals surface area contributed by atoms with Gasteiger partial charge in [-0.2, -0.15) is 0 Å². The van der Waals surface area contributed by atoms with Gasteiger partial charge in [0.2, 0.25) is 11.8 Å². The number of nitrogens with two attached hydrogens (primary N) is 1. The molecule has 1 saturated heterocycles. The third kappa shape index (κ3) is 8.55. The monoisotopic (exact) mass is 609 g/mol. The van der Waals surface area contributed by atoms with Crippen LogP contribution in [0.15, 0.2) is 71.9 Å². The number of amides is 2. The number of hydrogen-bond donors (Lipinski definition) is 3. The number of hydrogen-bond acceptors (Lipinski definition) is 7. The molecule has 45 heavy (non-hydrogen) atoms. The van der Waals surface area contributed by atoms with E-state index < -0.39 is 6.04 Å². The van der Waals surface area contributed by atoms with E-state index >= 15 is 0 Å². The summed E-state index contributed by atoms with van der Waals surface area (Å²) in [5, 5.41) is 6.13. The first-order chi connectivity index (χ1) is 21.8. The SMILES string of the molecule is CN=C(C)c1ccc(NC(=O)C(Cc2ccc(-c3ccnc(N4CCN(C)CC4)c3)cc2)NC(=O)C2CCC(CN)CC2)cc1. The second-order valence-electron chi connectivity index (χ2n) is 12.5. The van der Waals surface area contributed by atoms with Crippen molar-refractivity contribution in [2.75, 3.05) is 57.0 Å². The Labute approximate surface area is 267 Å². The van der Waals surface area contributed by atoms with Gasteiger partial charge < -0.3 is 26.2 Å². The summed E-state index contributed by atoms with van der Waals surface area (Å²) in [6.07, 6.45) is 5.77. The highest BCUT2D eigenvalue weighted by molar-refractivity contribution is 6.00. The van der Waals surface area contributed by atoms with Crippen molar-refractivity contribution in [3.8, 4) is 11.1 Å². The van der Waals surface area contributed by atoms with E-state index in [1.165, 1.54) is 0 Å². The molecule has 2 amide bonds. The summed E-state index contributed by atoms with van der Waals surface area (Å²) < 4.78 is 0. The minimum absolute atomic E-state index is 0.0550. The van der Waals surface area contributed by atoms with E-state index in [0.717, 1.165) is 85.6 Å². The number of aromatic nitrogens is 1. The molecule has 1 saturated carbocycles. The van der Waals surface area contributed by atoms with Crippen LogP contribution in [-0.4, -0.2) is 80.3 Å². The highest BCUT2D eigenvalue weighted by Crippen LogP contribution is 2.29. The zero-order chi connectivity index (χ0) is 31.8. The highest BCUT2D eigenvalue weighted by atomic mass is 16.2. The van der Waals surface area contributed by atoms with Gasteiger partial charge in [-0.25, -0.2) is 4.98 Å². The Morgan fingerprint density at radius 1 is 0.956 bits per heavy atom.